The summed E-state index contributed by atoms with van der Waals surface area (Å²) in [6.07, 6.45) is 6.04. The molecule has 1 saturated heterocycles. The van der Waals surface area contributed by atoms with Gasteiger partial charge in [0.1, 0.15) is 17.0 Å². The lowest BCUT2D eigenvalue weighted by atomic mass is 10.0. The molecule has 0 amide bonds. The van der Waals surface area contributed by atoms with E-state index < -0.39 is 10.0 Å². The van der Waals surface area contributed by atoms with Crippen LogP contribution in [0.15, 0.2) is 35.7 Å². The van der Waals surface area contributed by atoms with Crippen LogP contribution < -0.4 is 4.72 Å². The Morgan fingerprint density at radius 3 is 2.96 bits per heavy atom. The van der Waals surface area contributed by atoms with Crippen LogP contribution in [-0.2, 0) is 28.4 Å². The molecule has 7 nitrogen and oxygen atoms in total. The van der Waals surface area contributed by atoms with E-state index in [4.69, 9.17) is 4.74 Å². The molecule has 1 aliphatic heterocycles. The molecule has 0 aromatic carbocycles. The lowest BCUT2D eigenvalue weighted by Gasteiger charge is -2.19. The molecule has 3 rings (SSSR count). The third-order valence-corrected chi connectivity index (χ3v) is 5.79. The first kappa shape index (κ1) is 16.2. The molecule has 3 heterocycles. The minimum absolute atomic E-state index is 0.0812. The Labute approximate surface area is 136 Å². The molecule has 0 unspecified atom stereocenters. The fraction of sp³-hybridized carbons (Fsp3) is 0.533. The zero-order chi connectivity index (χ0) is 16.4. The fourth-order valence-electron chi connectivity index (χ4n) is 2.99. The lowest BCUT2D eigenvalue weighted by Crippen LogP contribution is -2.32. The number of nitrogens with one attached hydrogen (secondary N) is 1. The molecule has 1 aliphatic rings. The van der Waals surface area contributed by atoms with E-state index in [0.29, 0.717) is 13.2 Å². The molecule has 2 atom stereocenters. The number of aryl methyl sites for hydroxylation is 2. The summed E-state index contributed by atoms with van der Waals surface area (Å²) in [7, 11) is -1.80. The van der Waals surface area contributed by atoms with E-state index in [2.05, 4.69) is 9.71 Å². The summed E-state index contributed by atoms with van der Waals surface area (Å²) >= 11 is 0. The van der Waals surface area contributed by atoms with Gasteiger partial charge < -0.3 is 13.9 Å². The molecule has 2 aromatic heterocycles. The minimum atomic E-state index is -3.51. The molecule has 0 aliphatic carbocycles. The number of aromatic nitrogens is 3. The Morgan fingerprint density at radius 2 is 2.26 bits per heavy atom. The standard InChI is InChI=1S/C15H22N4O3S/c1-3-19-9-7-16-15(19)14-12(6-10-22-14)11-17-23(20,21)13-5-4-8-18(13)2/h4-5,7-9,12,14,17H,3,6,10-11H2,1-2H3/t12-,14+/m0/s1. The molecule has 23 heavy (non-hydrogen) atoms. The maximum atomic E-state index is 12.4. The van der Waals surface area contributed by atoms with Gasteiger partial charge in [-0.25, -0.2) is 18.1 Å². The second-order valence-electron chi connectivity index (χ2n) is 5.72. The van der Waals surface area contributed by atoms with Crippen LogP contribution in [0.3, 0.4) is 0 Å². The smallest absolute Gasteiger partial charge is 0.256 e. The van der Waals surface area contributed by atoms with Crippen molar-refractivity contribution in [1.29, 1.82) is 0 Å². The number of hydrogen-bond donors (Lipinski definition) is 1. The maximum Gasteiger partial charge on any atom is 0.256 e. The first-order chi connectivity index (χ1) is 11.0. The normalized spacial score (nSPS) is 21.8. The molecule has 0 saturated carbocycles. The summed E-state index contributed by atoms with van der Waals surface area (Å²) in [4.78, 5) is 4.38. The Kier molecular flexibility index (Phi) is 4.56. The van der Waals surface area contributed by atoms with E-state index in [-0.39, 0.29) is 17.0 Å². The van der Waals surface area contributed by atoms with Gasteiger partial charge in [-0.15, -0.1) is 0 Å². The third-order valence-electron chi connectivity index (χ3n) is 4.26. The predicted molar refractivity (Wildman–Crippen MR) is 85.3 cm³/mol. The first-order valence-electron chi connectivity index (χ1n) is 7.76. The molecule has 0 radical (unpaired) electrons. The molecule has 2 aromatic rings. The largest absolute Gasteiger partial charge is 0.370 e. The minimum Gasteiger partial charge on any atom is -0.370 e. The molecule has 126 valence electrons. The highest BCUT2D eigenvalue weighted by molar-refractivity contribution is 7.89. The van der Waals surface area contributed by atoms with Crippen molar-refractivity contribution in [3.63, 3.8) is 0 Å². The van der Waals surface area contributed by atoms with Crippen LogP contribution in [0.4, 0.5) is 0 Å². The molecule has 1 N–H and O–H groups in total. The van der Waals surface area contributed by atoms with Gasteiger partial charge in [0.2, 0.25) is 0 Å². The summed E-state index contributed by atoms with van der Waals surface area (Å²) in [5.74, 6) is 0.950. The highest BCUT2D eigenvalue weighted by atomic mass is 32.2. The Morgan fingerprint density at radius 1 is 1.43 bits per heavy atom. The summed E-state index contributed by atoms with van der Waals surface area (Å²) in [6, 6.07) is 3.31. The van der Waals surface area contributed by atoms with Gasteiger partial charge in [0.15, 0.2) is 0 Å². The second-order valence-corrected chi connectivity index (χ2v) is 7.43. The summed E-state index contributed by atoms with van der Waals surface area (Å²) in [5, 5.41) is 0.267. The quantitative estimate of drug-likeness (QED) is 0.861. The second kappa shape index (κ2) is 6.46. The molecular weight excluding hydrogens is 316 g/mol. The Hall–Kier alpha value is -1.64. The van der Waals surface area contributed by atoms with E-state index in [0.717, 1.165) is 18.8 Å². The molecule has 1 fully saturated rings. The fourth-order valence-corrected chi connectivity index (χ4v) is 4.27. The zero-order valence-corrected chi connectivity index (χ0v) is 14.2. The van der Waals surface area contributed by atoms with E-state index in [1.54, 1.807) is 36.1 Å². The monoisotopic (exact) mass is 338 g/mol. The van der Waals surface area contributed by atoms with Gasteiger partial charge >= 0.3 is 0 Å². The lowest BCUT2D eigenvalue weighted by molar-refractivity contribution is 0.0816. The topological polar surface area (TPSA) is 78.2 Å². The van der Waals surface area contributed by atoms with Crippen LogP contribution in [-0.4, -0.2) is 35.7 Å². The van der Waals surface area contributed by atoms with Gasteiger partial charge in [-0.1, -0.05) is 0 Å². The molecule has 0 bridgehead atoms. The summed E-state index contributed by atoms with van der Waals surface area (Å²) < 4.78 is 36.9. The summed E-state index contributed by atoms with van der Waals surface area (Å²) in [6.45, 7) is 3.83. The van der Waals surface area contributed by atoms with E-state index in [1.807, 2.05) is 17.7 Å². The van der Waals surface area contributed by atoms with Gasteiger partial charge in [0.25, 0.3) is 10.0 Å². The van der Waals surface area contributed by atoms with Crippen molar-refractivity contribution >= 4 is 10.0 Å². The van der Waals surface area contributed by atoms with Crippen molar-refractivity contribution < 1.29 is 13.2 Å². The van der Waals surface area contributed by atoms with Crippen molar-refractivity contribution in [3.8, 4) is 0 Å². The zero-order valence-electron chi connectivity index (χ0n) is 13.3. The predicted octanol–water partition coefficient (Wildman–Crippen LogP) is 1.30. The highest BCUT2D eigenvalue weighted by Gasteiger charge is 2.33. The van der Waals surface area contributed by atoms with Gasteiger partial charge in [0, 0.05) is 51.3 Å². The highest BCUT2D eigenvalue weighted by Crippen LogP contribution is 2.33. The van der Waals surface area contributed by atoms with Crippen molar-refractivity contribution in [3.05, 3.63) is 36.5 Å². The first-order valence-corrected chi connectivity index (χ1v) is 9.25. The molecule has 0 spiro atoms. The van der Waals surface area contributed by atoms with Crippen LogP contribution in [0.1, 0.15) is 25.3 Å². The van der Waals surface area contributed by atoms with Crippen molar-refractivity contribution in [1.82, 2.24) is 18.8 Å². The van der Waals surface area contributed by atoms with Gasteiger partial charge in [-0.3, -0.25) is 0 Å². The van der Waals surface area contributed by atoms with Crippen molar-refractivity contribution in [2.45, 2.75) is 31.0 Å². The number of sulfonamides is 1. The number of nitrogens with zero attached hydrogens (tertiary/aromatic N) is 3. The van der Waals surface area contributed by atoms with E-state index in [9.17, 15) is 8.42 Å². The molecule has 8 heteroatoms. The van der Waals surface area contributed by atoms with E-state index in [1.165, 1.54) is 0 Å². The number of hydrogen-bond acceptors (Lipinski definition) is 4. The Balaban J connectivity index is 1.71. The van der Waals surface area contributed by atoms with Crippen LogP contribution in [0.5, 0.6) is 0 Å². The average molecular weight is 338 g/mol. The number of imidazole rings is 1. The maximum absolute atomic E-state index is 12.4. The number of rotatable bonds is 6. The average Bonchev–Trinajstić information content (AvgIpc) is 3.24. The third kappa shape index (κ3) is 3.19. The molecular formula is C15H22N4O3S. The Bertz CT molecular complexity index is 765. The van der Waals surface area contributed by atoms with Crippen LogP contribution in [0.25, 0.3) is 0 Å². The van der Waals surface area contributed by atoms with Crippen molar-refractivity contribution in [2.24, 2.45) is 13.0 Å². The number of ether oxygens (including phenoxy) is 1. The van der Waals surface area contributed by atoms with Gasteiger partial charge in [-0.05, 0) is 25.5 Å². The van der Waals surface area contributed by atoms with Crippen LogP contribution in [0.2, 0.25) is 0 Å². The summed E-state index contributed by atoms with van der Waals surface area (Å²) in [5.41, 5.74) is 0. The SMILES string of the molecule is CCn1ccnc1[C@@H]1OCC[C@H]1CNS(=O)(=O)c1cccn1C. The van der Waals surface area contributed by atoms with Crippen molar-refractivity contribution in [2.75, 3.05) is 13.2 Å². The van der Waals surface area contributed by atoms with Crippen LogP contribution in [0, 0.1) is 5.92 Å². The van der Waals surface area contributed by atoms with Gasteiger partial charge in [0.05, 0.1) is 0 Å². The van der Waals surface area contributed by atoms with Gasteiger partial charge in [-0.2, -0.15) is 0 Å². The van der Waals surface area contributed by atoms with Crippen LogP contribution >= 0.6 is 0 Å². The van der Waals surface area contributed by atoms with E-state index >= 15 is 0 Å².